The van der Waals surface area contributed by atoms with Crippen molar-refractivity contribution in [2.24, 2.45) is 0 Å². The lowest BCUT2D eigenvalue weighted by Crippen LogP contribution is -2.36. The number of para-hydroxylation sites is 1. The van der Waals surface area contributed by atoms with Gasteiger partial charge in [-0.15, -0.1) is 0 Å². The van der Waals surface area contributed by atoms with Crippen LogP contribution in [0, 0.1) is 0 Å². The molecule has 0 radical (unpaired) electrons. The molecule has 6 heteroatoms. The summed E-state index contributed by atoms with van der Waals surface area (Å²) in [6.07, 6.45) is 0.433. The molecule has 0 saturated heterocycles. The molecule has 0 spiro atoms. The van der Waals surface area contributed by atoms with Crippen molar-refractivity contribution in [2.45, 2.75) is 45.3 Å². The first-order valence-electron chi connectivity index (χ1n) is 7.83. The summed E-state index contributed by atoms with van der Waals surface area (Å²) in [7, 11) is 0. The summed E-state index contributed by atoms with van der Waals surface area (Å²) < 4.78 is 10.7. The molecule has 23 heavy (non-hydrogen) atoms. The monoisotopic (exact) mass is 320 g/mol. The molecule has 1 aliphatic heterocycles. The van der Waals surface area contributed by atoms with E-state index in [0.29, 0.717) is 6.61 Å². The molecule has 2 rings (SSSR count). The summed E-state index contributed by atoms with van der Waals surface area (Å²) in [5, 5.41) is 5.57. The Morgan fingerprint density at radius 2 is 2.04 bits per heavy atom. The Morgan fingerprint density at radius 3 is 2.78 bits per heavy atom. The summed E-state index contributed by atoms with van der Waals surface area (Å²) in [5.74, 6) is 0.707. The van der Waals surface area contributed by atoms with Gasteiger partial charge >= 0.3 is 6.09 Å². The van der Waals surface area contributed by atoms with Crippen molar-refractivity contribution in [3.8, 4) is 5.75 Å². The van der Waals surface area contributed by atoms with Gasteiger partial charge in [-0.1, -0.05) is 18.2 Å². The molecule has 1 aromatic rings. The topological polar surface area (TPSA) is 76.7 Å². The molecule has 2 N–H and O–H groups in total. The van der Waals surface area contributed by atoms with Crippen molar-refractivity contribution in [3.05, 3.63) is 29.8 Å². The van der Waals surface area contributed by atoms with Crippen LogP contribution < -0.4 is 15.4 Å². The van der Waals surface area contributed by atoms with E-state index < -0.39 is 11.7 Å². The molecule has 1 aromatic carbocycles. The maximum atomic E-state index is 12.0. The summed E-state index contributed by atoms with van der Waals surface area (Å²) in [6, 6.07) is 7.65. The third kappa shape index (κ3) is 5.47. The number of carbonyl (C=O) groups excluding carboxylic acids is 2. The third-order valence-corrected chi connectivity index (χ3v) is 3.31. The molecule has 0 aliphatic carbocycles. The Balaban J connectivity index is 1.77. The lowest BCUT2D eigenvalue weighted by Gasteiger charge is -2.26. The molecule has 0 bridgehead atoms. The molecule has 0 fully saturated rings. The van der Waals surface area contributed by atoms with Gasteiger partial charge in [0.1, 0.15) is 11.4 Å². The van der Waals surface area contributed by atoms with Crippen LogP contribution in [0.4, 0.5) is 4.79 Å². The van der Waals surface area contributed by atoms with Crippen LogP contribution in [-0.2, 0) is 9.53 Å². The number of fused-ring (bicyclic) bond motifs is 1. The summed E-state index contributed by atoms with van der Waals surface area (Å²) in [6.45, 7) is 6.20. The van der Waals surface area contributed by atoms with Gasteiger partial charge in [0.2, 0.25) is 5.91 Å². The largest absolute Gasteiger partial charge is 0.493 e. The van der Waals surface area contributed by atoms with Crippen LogP contribution in [0.15, 0.2) is 24.3 Å². The number of carbonyl (C=O) groups is 2. The first-order chi connectivity index (χ1) is 10.8. The van der Waals surface area contributed by atoms with Crippen molar-refractivity contribution in [1.29, 1.82) is 0 Å². The number of amides is 2. The van der Waals surface area contributed by atoms with Crippen LogP contribution in [0.2, 0.25) is 0 Å². The average Bonchev–Trinajstić information content (AvgIpc) is 2.45. The molecule has 126 valence electrons. The van der Waals surface area contributed by atoms with Crippen LogP contribution >= 0.6 is 0 Å². The van der Waals surface area contributed by atoms with E-state index >= 15 is 0 Å². The summed E-state index contributed by atoms with van der Waals surface area (Å²) in [4.78, 5) is 23.6. The average molecular weight is 320 g/mol. The van der Waals surface area contributed by atoms with Gasteiger partial charge in [0.05, 0.1) is 12.6 Å². The van der Waals surface area contributed by atoms with Gasteiger partial charge in [0.25, 0.3) is 0 Å². The SMILES string of the molecule is CC(C)(C)OC(=O)NCCC(=O)N[C@H]1CCOc2ccccc21. The summed E-state index contributed by atoms with van der Waals surface area (Å²) in [5.41, 5.74) is 0.449. The van der Waals surface area contributed by atoms with E-state index in [1.807, 2.05) is 24.3 Å². The van der Waals surface area contributed by atoms with Gasteiger partial charge in [0.15, 0.2) is 0 Å². The third-order valence-electron chi connectivity index (χ3n) is 3.31. The molecule has 1 heterocycles. The number of rotatable bonds is 4. The first kappa shape index (κ1) is 17.1. The number of ether oxygens (including phenoxy) is 2. The zero-order valence-corrected chi connectivity index (χ0v) is 13.8. The smallest absolute Gasteiger partial charge is 0.407 e. The van der Waals surface area contributed by atoms with E-state index in [1.54, 1.807) is 20.8 Å². The predicted octanol–water partition coefficient (Wildman–Crippen LogP) is 2.54. The van der Waals surface area contributed by atoms with Gasteiger partial charge in [-0.3, -0.25) is 4.79 Å². The fourth-order valence-corrected chi connectivity index (χ4v) is 2.35. The number of hydrogen-bond donors (Lipinski definition) is 2. The lowest BCUT2D eigenvalue weighted by molar-refractivity contribution is -0.121. The minimum atomic E-state index is -0.544. The second kappa shape index (κ2) is 7.35. The number of benzene rings is 1. The highest BCUT2D eigenvalue weighted by atomic mass is 16.6. The lowest BCUT2D eigenvalue weighted by atomic mass is 10.0. The second-order valence-corrected chi connectivity index (χ2v) is 6.47. The van der Waals surface area contributed by atoms with Crippen LogP contribution in [-0.4, -0.2) is 30.8 Å². The van der Waals surface area contributed by atoms with Crippen molar-refractivity contribution >= 4 is 12.0 Å². The van der Waals surface area contributed by atoms with Crippen molar-refractivity contribution in [2.75, 3.05) is 13.2 Å². The van der Waals surface area contributed by atoms with Crippen LogP contribution in [0.1, 0.15) is 45.2 Å². The van der Waals surface area contributed by atoms with E-state index in [0.717, 1.165) is 17.7 Å². The van der Waals surface area contributed by atoms with Gasteiger partial charge in [-0.25, -0.2) is 4.79 Å². The first-order valence-corrected chi connectivity index (χ1v) is 7.83. The van der Waals surface area contributed by atoms with E-state index in [4.69, 9.17) is 9.47 Å². The molecule has 6 nitrogen and oxygen atoms in total. The Kier molecular flexibility index (Phi) is 5.47. The van der Waals surface area contributed by atoms with Crippen LogP contribution in [0.3, 0.4) is 0 Å². The van der Waals surface area contributed by atoms with Gasteiger partial charge in [-0.2, -0.15) is 0 Å². The van der Waals surface area contributed by atoms with E-state index in [1.165, 1.54) is 0 Å². The van der Waals surface area contributed by atoms with Gasteiger partial charge < -0.3 is 20.1 Å². The van der Waals surface area contributed by atoms with Crippen molar-refractivity contribution < 1.29 is 19.1 Å². The molecular weight excluding hydrogens is 296 g/mol. The van der Waals surface area contributed by atoms with Crippen molar-refractivity contribution in [3.63, 3.8) is 0 Å². The maximum Gasteiger partial charge on any atom is 0.407 e. The van der Waals surface area contributed by atoms with E-state index in [9.17, 15) is 9.59 Å². The van der Waals surface area contributed by atoms with Crippen molar-refractivity contribution in [1.82, 2.24) is 10.6 Å². The zero-order chi connectivity index (χ0) is 16.9. The minimum absolute atomic E-state index is 0.0472. The molecule has 0 unspecified atom stereocenters. The minimum Gasteiger partial charge on any atom is -0.493 e. The van der Waals surface area contributed by atoms with Gasteiger partial charge in [-0.05, 0) is 26.8 Å². The Bertz CT molecular complexity index is 566. The number of alkyl carbamates (subject to hydrolysis) is 1. The highest BCUT2D eigenvalue weighted by Crippen LogP contribution is 2.31. The highest BCUT2D eigenvalue weighted by molar-refractivity contribution is 5.77. The van der Waals surface area contributed by atoms with Crippen LogP contribution in [0.25, 0.3) is 0 Å². The molecule has 0 saturated carbocycles. The fourth-order valence-electron chi connectivity index (χ4n) is 2.35. The Hall–Kier alpha value is -2.24. The molecule has 1 atom stereocenters. The Morgan fingerprint density at radius 1 is 1.30 bits per heavy atom. The molecular formula is C17H24N2O4. The molecule has 1 aliphatic rings. The Labute approximate surface area is 136 Å². The molecule has 2 amide bonds. The second-order valence-electron chi connectivity index (χ2n) is 6.47. The van der Waals surface area contributed by atoms with Crippen LogP contribution in [0.5, 0.6) is 5.75 Å². The van der Waals surface area contributed by atoms with E-state index in [-0.39, 0.29) is 24.9 Å². The van der Waals surface area contributed by atoms with Gasteiger partial charge in [0, 0.05) is 24.9 Å². The van der Waals surface area contributed by atoms with E-state index in [2.05, 4.69) is 10.6 Å². The summed E-state index contributed by atoms with van der Waals surface area (Å²) >= 11 is 0. The standard InChI is InChI=1S/C17H24N2O4/c1-17(2,3)23-16(21)18-10-8-15(20)19-13-9-11-22-14-7-5-4-6-12(13)14/h4-7,13H,8-11H2,1-3H3,(H,18,21)(H,19,20)/t13-/m0/s1. The zero-order valence-electron chi connectivity index (χ0n) is 13.8. The fraction of sp³-hybridized carbons (Fsp3) is 0.529. The molecule has 0 aromatic heterocycles. The number of hydrogen-bond acceptors (Lipinski definition) is 4. The number of nitrogens with one attached hydrogen (secondary N) is 2. The quantitative estimate of drug-likeness (QED) is 0.894. The maximum absolute atomic E-state index is 12.0. The normalized spacial score (nSPS) is 16.7. The predicted molar refractivity (Wildman–Crippen MR) is 86.3 cm³/mol. The highest BCUT2D eigenvalue weighted by Gasteiger charge is 2.22.